The van der Waals surface area contributed by atoms with Gasteiger partial charge in [-0.15, -0.1) is 0 Å². The van der Waals surface area contributed by atoms with Gasteiger partial charge in [-0.3, -0.25) is 9.78 Å². The number of aromatic nitrogens is 1. The van der Waals surface area contributed by atoms with Crippen LogP contribution in [0.2, 0.25) is 0 Å². The van der Waals surface area contributed by atoms with Crippen LogP contribution in [0.4, 0.5) is 0 Å². The number of hydrazone groups is 1. The molecule has 108 valence electrons. The maximum Gasteiger partial charge on any atom is 0.240 e. The molecule has 0 aliphatic carbocycles. The van der Waals surface area contributed by atoms with Crippen LogP contribution in [0.3, 0.4) is 0 Å². The Hall–Kier alpha value is -2.49. The maximum absolute atomic E-state index is 11.7. The summed E-state index contributed by atoms with van der Waals surface area (Å²) in [5.74, 6) is -0.0562. The van der Waals surface area contributed by atoms with Crippen LogP contribution >= 0.6 is 0 Å². The highest BCUT2D eigenvalue weighted by molar-refractivity contribution is 6.13. The summed E-state index contributed by atoms with van der Waals surface area (Å²) < 4.78 is 0. The number of hydrogen-bond acceptors (Lipinski definition) is 3. The lowest BCUT2D eigenvalue weighted by Crippen LogP contribution is -2.20. The van der Waals surface area contributed by atoms with Gasteiger partial charge in [-0.25, -0.2) is 5.43 Å². The van der Waals surface area contributed by atoms with Crippen molar-refractivity contribution in [3.05, 3.63) is 66.0 Å². The van der Waals surface area contributed by atoms with Gasteiger partial charge in [0.25, 0.3) is 0 Å². The second-order valence-corrected chi connectivity index (χ2v) is 4.70. The number of unbranched alkanes of at least 4 members (excludes halogenated alkanes) is 1. The highest BCUT2D eigenvalue weighted by Gasteiger charge is 2.07. The number of benzene rings is 1. The molecular formula is C17H19N3O. The lowest BCUT2D eigenvalue weighted by Gasteiger charge is -2.07. The summed E-state index contributed by atoms with van der Waals surface area (Å²) in [5.41, 5.74) is 5.26. The van der Waals surface area contributed by atoms with Crippen LogP contribution in [0.1, 0.15) is 37.3 Å². The number of amides is 1. The van der Waals surface area contributed by atoms with E-state index in [-0.39, 0.29) is 5.91 Å². The fraction of sp³-hybridized carbons (Fsp3) is 0.235. The van der Waals surface area contributed by atoms with Crippen LogP contribution in [-0.4, -0.2) is 16.6 Å². The largest absolute Gasteiger partial charge is 0.273 e. The second kappa shape index (κ2) is 7.94. The Morgan fingerprint density at radius 1 is 1.10 bits per heavy atom. The molecule has 1 heterocycles. The minimum atomic E-state index is -0.0562. The van der Waals surface area contributed by atoms with E-state index in [4.69, 9.17) is 0 Å². The summed E-state index contributed by atoms with van der Waals surface area (Å²) in [5, 5.41) is 4.31. The first kappa shape index (κ1) is 14.9. The molecule has 1 N–H and O–H groups in total. The quantitative estimate of drug-likeness (QED) is 0.653. The summed E-state index contributed by atoms with van der Waals surface area (Å²) >= 11 is 0. The summed E-state index contributed by atoms with van der Waals surface area (Å²) in [6, 6.07) is 13.5. The van der Waals surface area contributed by atoms with Crippen molar-refractivity contribution in [3.8, 4) is 0 Å². The minimum Gasteiger partial charge on any atom is -0.273 e. The first-order valence-electron chi connectivity index (χ1n) is 7.13. The van der Waals surface area contributed by atoms with Crippen LogP contribution in [0.5, 0.6) is 0 Å². The normalized spacial score (nSPS) is 11.2. The van der Waals surface area contributed by atoms with Gasteiger partial charge in [0.1, 0.15) is 0 Å². The van der Waals surface area contributed by atoms with Crippen molar-refractivity contribution < 1.29 is 4.79 Å². The van der Waals surface area contributed by atoms with Gasteiger partial charge in [0, 0.05) is 29.9 Å². The number of rotatable bonds is 6. The topological polar surface area (TPSA) is 54.4 Å². The van der Waals surface area contributed by atoms with Gasteiger partial charge in [0.15, 0.2) is 0 Å². The van der Waals surface area contributed by atoms with Gasteiger partial charge in [-0.2, -0.15) is 5.10 Å². The Balaban J connectivity index is 2.23. The fourth-order valence-corrected chi connectivity index (χ4v) is 1.91. The predicted molar refractivity (Wildman–Crippen MR) is 84.0 cm³/mol. The van der Waals surface area contributed by atoms with E-state index in [9.17, 15) is 4.79 Å². The molecule has 1 aromatic heterocycles. The molecule has 1 amide bonds. The van der Waals surface area contributed by atoms with E-state index < -0.39 is 0 Å². The number of carbonyl (C=O) groups excluding carboxylic acids is 1. The average Bonchev–Trinajstić information content (AvgIpc) is 2.55. The van der Waals surface area contributed by atoms with Gasteiger partial charge < -0.3 is 0 Å². The Kier molecular flexibility index (Phi) is 5.64. The molecule has 4 nitrogen and oxygen atoms in total. The monoisotopic (exact) mass is 281 g/mol. The standard InChI is InChI=1S/C17H19N3O/c1-2-3-9-16(21)19-20-17(14-7-5-4-6-8-14)15-10-12-18-13-11-15/h4-8,10-13H,2-3,9H2,1H3,(H,19,21). The molecule has 0 fully saturated rings. The van der Waals surface area contributed by atoms with Crippen molar-refractivity contribution in [1.82, 2.24) is 10.4 Å². The van der Waals surface area contributed by atoms with Crippen LogP contribution in [-0.2, 0) is 4.79 Å². The third-order valence-corrected chi connectivity index (χ3v) is 3.05. The van der Waals surface area contributed by atoms with Gasteiger partial charge in [-0.1, -0.05) is 43.7 Å². The molecule has 0 aliphatic heterocycles. The van der Waals surface area contributed by atoms with E-state index in [1.54, 1.807) is 12.4 Å². The van der Waals surface area contributed by atoms with E-state index in [1.807, 2.05) is 42.5 Å². The number of nitrogens with one attached hydrogen (secondary N) is 1. The Morgan fingerprint density at radius 2 is 1.76 bits per heavy atom. The number of carbonyl (C=O) groups is 1. The van der Waals surface area contributed by atoms with Crippen molar-refractivity contribution in [1.29, 1.82) is 0 Å². The molecule has 0 spiro atoms. The lowest BCUT2D eigenvalue weighted by atomic mass is 10.0. The van der Waals surface area contributed by atoms with Crippen molar-refractivity contribution in [2.75, 3.05) is 0 Å². The summed E-state index contributed by atoms with van der Waals surface area (Å²) in [6.07, 6.45) is 5.79. The number of pyridine rings is 1. The molecule has 2 aromatic rings. The molecule has 0 bridgehead atoms. The molecule has 0 unspecified atom stereocenters. The molecule has 4 heteroatoms. The van der Waals surface area contributed by atoms with E-state index >= 15 is 0 Å². The Morgan fingerprint density at radius 3 is 2.43 bits per heavy atom. The average molecular weight is 281 g/mol. The van der Waals surface area contributed by atoms with Gasteiger partial charge in [0.05, 0.1) is 5.71 Å². The first-order valence-corrected chi connectivity index (χ1v) is 7.13. The maximum atomic E-state index is 11.7. The van der Waals surface area contributed by atoms with Gasteiger partial charge >= 0.3 is 0 Å². The van der Waals surface area contributed by atoms with Crippen molar-refractivity contribution in [2.24, 2.45) is 5.10 Å². The number of hydrogen-bond donors (Lipinski definition) is 1. The molecule has 0 saturated heterocycles. The number of nitrogens with zero attached hydrogens (tertiary/aromatic N) is 2. The van der Waals surface area contributed by atoms with Crippen LogP contribution in [0, 0.1) is 0 Å². The smallest absolute Gasteiger partial charge is 0.240 e. The molecule has 21 heavy (non-hydrogen) atoms. The second-order valence-electron chi connectivity index (χ2n) is 4.70. The van der Waals surface area contributed by atoms with Crippen molar-refractivity contribution >= 4 is 11.6 Å². The van der Waals surface area contributed by atoms with E-state index in [0.717, 1.165) is 29.7 Å². The third kappa shape index (κ3) is 4.53. The summed E-state index contributed by atoms with van der Waals surface area (Å²) in [4.78, 5) is 15.8. The third-order valence-electron chi connectivity index (χ3n) is 3.05. The van der Waals surface area contributed by atoms with Crippen molar-refractivity contribution in [3.63, 3.8) is 0 Å². The SMILES string of the molecule is CCCCC(=O)NN=C(c1ccccc1)c1ccncc1. The molecule has 2 rings (SSSR count). The summed E-state index contributed by atoms with van der Waals surface area (Å²) in [6.45, 7) is 2.06. The fourth-order valence-electron chi connectivity index (χ4n) is 1.91. The molecule has 0 radical (unpaired) electrons. The minimum absolute atomic E-state index is 0.0562. The first-order chi connectivity index (χ1) is 10.3. The van der Waals surface area contributed by atoms with Crippen LogP contribution in [0.15, 0.2) is 60.0 Å². The van der Waals surface area contributed by atoms with Gasteiger partial charge in [-0.05, 0) is 18.6 Å². The van der Waals surface area contributed by atoms with E-state index in [2.05, 4.69) is 22.4 Å². The van der Waals surface area contributed by atoms with Crippen LogP contribution < -0.4 is 5.43 Å². The zero-order chi connectivity index (χ0) is 14.9. The molecule has 0 saturated carbocycles. The predicted octanol–water partition coefficient (Wildman–Crippen LogP) is 3.14. The highest BCUT2D eigenvalue weighted by atomic mass is 16.2. The van der Waals surface area contributed by atoms with Crippen molar-refractivity contribution in [2.45, 2.75) is 26.2 Å². The highest BCUT2D eigenvalue weighted by Crippen LogP contribution is 2.09. The summed E-state index contributed by atoms with van der Waals surface area (Å²) in [7, 11) is 0. The van der Waals surface area contributed by atoms with Crippen LogP contribution in [0.25, 0.3) is 0 Å². The van der Waals surface area contributed by atoms with Gasteiger partial charge in [0.2, 0.25) is 5.91 Å². The zero-order valence-corrected chi connectivity index (χ0v) is 12.1. The Bertz CT molecular complexity index is 552. The molecule has 0 atom stereocenters. The van der Waals surface area contributed by atoms with E-state index in [1.165, 1.54) is 0 Å². The zero-order valence-electron chi connectivity index (χ0n) is 12.1. The lowest BCUT2D eigenvalue weighted by molar-refractivity contribution is -0.121. The Labute approximate surface area is 124 Å². The van der Waals surface area contributed by atoms with E-state index in [0.29, 0.717) is 6.42 Å². The molecule has 0 aliphatic rings. The molecule has 1 aromatic carbocycles. The molecular weight excluding hydrogens is 262 g/mol.